The summed E-state index contributed by atoms with van der Waals surface area (Å²) in [6.07, 6.45) is 0. The molecule has 3 aromatic heterocycles. The van der Waals surface area contributed by atoms with Gasteiger partial charge >= 0.3 is 5.97 Å². The van der Waals surface area contributed by atoms with Crippen molar-refractivity contribution in [2.45, 2.75) is 13.5 Å². The van der Waals surface area contributed by atoms with Gasteiger partial charge < -0.3 is 9.26 Å². The van der Waals surface area contributed by atoms with Crippen LogP contribution in [0.25, 0.3) is 21.9 Å². The van der Waals surface area contributed by atoms with Crippen molar-refractivity contribution in [3.8, 4) is 21.9 Å². The number of rotatable bonds is 5. The summed E-state index contributed by atoms with van der Waals surface area (Å²) in [6, 6.07) is 13.4. The van der Waals surface area contributed by atoms with E-state index in [2.05, 4.69) is 10.1 Å². The van der Waals surface area contributed by atoms with Crippen molar-refractivity contribution >= 4 is 28.6 Å². The molecule has 0 aliphatic heterocycles. The molecule has 0 aliphatic rings. The predicted octanol–water partition coefficient (Wildman–Crippen LogP) is 5.19. The molecule has 0 radical (unpaired) electrons. The Morgan fingerprint density at radius 1 is 1.19 bits per heavy atom. The number of carbonyl (C=O) groups is 1. The first-order valence-electron chi connectivity index (χ1n) is 7.89. The van der Waals surface area contributed by atoms with E-state index in [0.29, 0.717) is 22.0 Å². The average Bonchev–Trinajstić information content (AvgIpc) is 3.41. The molecule has 3 heterocycles. The zero-order valence-corrected chi connectivity index (χ0v) is 15.5. The lowest BCUT2D eigenvalue weighted by molar-refractivity contribution is 0.0469. The minimum atomic E-state index is -0.397. The Balaban J connectivity index is 1.44. The van der Waals surface area contributed by atoms with Gasteiger partial charge in [0.1, 0.15) is 22.2 Å². The number of ether oxygens (including phenoxy) is 1. The van der Waals surface area contributed by atoms with Gasteiger partial charge in [-0.05, 0) is 18.4 Å². The van der Waals surface area contributed by atoms with E-state index in [4.69, 9.17) is 9.26 Å². The van der Waals surface area contributed by atoms with Crippen LogP contribution < -0.4 is 0 Å². The number of benzene rings is 1. The maximum absolute atomic E-state index is 12.4. The van der Waals surface area contributed by atoms with Gasteiger partial charge in [-0.1, -0.05) is 35.5 Å². The number of nitrogens with zero attached hydrogens (tertiary/aromatic N) is 2. The molecule has 0 aliphatic carbocycles. The van der Waals surface area contributed by atoms with E-state index in [9.17, 15) is 4.79 Å². The standard InChI is InChI=1S/C19H14N2O3S2/c1-12-17(26-18(20-12)14-7-8-25-11-14)19(22)23-10-15-9-16(24-21-15)13-5-3-2-4-6-13/h2-9,11H,10H2,1H3. The van der Waals surface area contributed by atoms with Crippen LogP contribution in [0.3, 0.4) is 0 Å². The second-order valence-electron chi connectivity index (χ2n) is 5.57. The Morgan fingerprint density at radius 3 is 2.81 bits per heavy atom. The van der Waals surface area contributed by atoms with Gasteiger partial charge in [-0.15, -0.1) is 11.3 Å². The summed E-state index contributed by atoms with van der Waals surface area (Å²) in [6.45, 7) is 1.87. The quantitative estimate of drug-likeness (QED) is 0.444. The molecule has 130 valence electrons. The summed E-state index contributed by atoms with van der Waals surface area (Å²) in [7, 11) is 0. The largest absolute Gasteiger partial charge is 0.455 e. The third kappa shape index (κ3) is 3.44. The third-order valence-electron chi connectivity index (χ3n) is 3.72. The molecule has 0 unspecified atom stereocenters. The van der Waals surface area contributed by atoms with E-state index in [-0.39, 0.29) is 6.61 Å². The number of aryl methyl sites for hydroxylation is 1. The van der Waals surface area contributed by atoms with Crippen LogP contribution in [0.15, 0.2) is 57.7 Å². The second-order valence-corrected chi connectivity index (χ2v) is 7.35. The first-order chi connectivity index (χ1) is 12.7. The number of thiophene rings is 1. The van der Waals surface area contributed by atoms with E-state index in [1.165, 1.54) is 11.3 Å². The SMILES string of the molecule is Cc1nc(-c2ccsc2)sc1C(=O)OCc1cc(-c2ccccc2)on1. The predicted molar refractivity (Wildman–Crippen MR) is 101 cm³/mol. The number of carbonyl (C=O) groups excluding carboxylic acids is 1. The summed E-state index contributed by atoms with van der Waals surface area (Å²) in [4.78, 5) is 17.4. The molecule has 4 aromatic rings. The number of esters is 1. The molecular formula is C19H14N2O3S2. The molecule has 0 saturated heterocycles. The Labute approximate surface area is 157 Å². The van der Waals surface area contributed by atoms with E-state index in [1.54, 1.807) is 17.4 Å². The van der Waals surface area contributed by atoms with Crippen molar-refractivity contribution in [3.63, 3.8) is 0 Å². The maximum atomic E-state index is 12.4. The highest BCUT2D eigenvalue weighted by Gasteiger charge is 2.18. The summed E-state index contributed by atoms with van der Waals surface area (Å²) >= 11 is 2.94. The van der Waals surface area contributed by atoms with Crippen LogP contribution in [0, 0.1) is 6.92 Å². The van der Waals surface area contributed by atoms with Gasteiger partial charge in [0.05, 0.1) is 5.69 Å². The first kappa shape index (κ1) is 16.7. The molecule has 26 heavy (non-hydrogen) atoms. The molecule has 0 bridgehead atoms. The highest BCUT2D eigenvalue weighted by molar-refractivity contribution is 7.17. The van der Waals surface area contributed by atoms with Crippen LogP contribution >= 0.6 is 22.7 Å². The van der Waals surface area contributed by atoms with Crippen LogP contribution in [0.4, 0.5) is 0 Å². The van der Waals surface area contributed by atoms with Crippen molar-refractivity contribution in [2.24, 2.45) is 0 Å². The molecule has 0 spiro atoms. The molecule has 7 heteroatoms. The fraction of sp³-hybridized carbons (Fsp3) is 0.105. The van der Waals surface area contributed by atoms with Crippen LogP contribution in [-0.2, 0) is 11.3 Å². The fourth-order valence-corrected chi connectivity index (χ4v) is 4.09. The van der Waals surface area contributed by atoms with E-state index in [0.717, 1.165) is 16.1 Å². The van der Waals surface area contributed by atoms with Crippen LogP contribution in [-0.4, -0.2) is 16.1 Å². The van der Waals surface area contributed by atoms with Crippen LogP contribution in [0.2, 0.25) is 0 Å². The van der Waals surface area contributed by atoms with Gasteiger partial charge in [-0.2, -0.15) is 11.3 Å². The number of thiazole rings is 1. The Hall–Kier alpha value is -2.77. The van der Waals surface area contributed by atoms with Gasteiger partial charge in [0.15, 0.2) is 5.76 Å². The normalized spacial score (nSPS) is 10.8. The van der Waals surface area contributed by atoms with Crippen molar-refractivity contribution < 1.29 is 14.1 Å². The molecule has 1 aromatic carbocycles. The van der Waals surface area contributed by atoms with Crippen LogP contribution in [0.1, 0.15) is 21.1 Å². The number of hydrogen-bond acceptors (Lipinski definition) is 7. The van der Waals surface area contributed by atoms with Gasteiger partial charge in [0.2, 0.25) is 0 Å². The van der Waals surface area contributed by atoms with Crippen molar-refractivity contribution in [1.82, 2.24) is 10.1 Å². The zero-order valence-electron chi connectivity index (χ0n) is 13.8. The van der Waals surface area contributed by atoms with Crippen molar-refractivity contribution in [2.75, 3.05) is 0 Å². The highest BCUT2D eigenvalue weighted by atomic mass is 32.1. The molecule has 5 nitrogen and oxygen atoms in total. The molecule has 0 amide bonds. The monoisotopic (exact) mass is 382 g/mol. The van der Waals surface area contributed by atoms with Crippen molar-refractivity contribution in [1.29, 1.82) is 0 Å². The molecular weight excluding hydrogens is 368 g/mol. The zero-order chi connectivity index (χ0) is 17.9. The van der Waals surface area contributed by atoms with Gasteiger partial charge in [-0.25, -0.2) is 9.78 Å². The first-order valence-corrected chi connectivity index (χ1v) is 9.65. The summed E-state index contributed by atoms with van der Waals surface area (Å²) in [5.41, 5.74) is 3.19. The molecule has 0 saturated carbocycles. The summed E-state index contributed by atoms with van der Waals surface area (Å²) < 4.78 is 10.7. The third-order valence-corrected chi connectivity index (χ3v) is 5.59. The highest BCUT2D eigenvalue weighted by Crippen LogP contribution is 2.30. The lowest BCUT2D eigenvalue weighted by Gasteiger charge is -2.00. The van der Waals surface area contributed by atoms with Gasteiger partial charge in [0.25, 0.3) is 0 Å². The minimum Gasteiger partial charge on any atom is -0.455 e. The Bertz CT molecular complexity index is 1020. The number of hydrogen-bond donors (Lipinski definition) is 0. The maximum Gasteiger partial charge on any atom is 0.350 e. The Morgan fingerprint density at radius 2 is 2.04 bits per heavy atom. The van der Waals surface area contributed by atoms with E-state index < -0.39 is 5.97 Å². The van der Waals surface area contributed by atoms with E-state index in [1.807, 2.05) is 54.1 Å². The lowest BCUT2D eigenvalue weighted by atomic mass is 10.2. The van der Waals surface area contributed by atoms with Crippen LogP contribution in [0.5, 0.6) is 0 Å². The molecule has 0 fully saturated rings. The fourth-order valence-electron chi connectivity index (χ4n) is 2.42. The number of aromatic nitrogens is 2. The average molecular weight is 382 g/mol. The summed E-state index contributed by atoms with van der Waals surface area (Å²) in [5.74, 6) is 0.246. The van der Waals surface area contributed by atoms with Gasteiger partial charge in [-0.3, -0.25) is 0 Å². The van der Waals surface area contributed by atoms with E-state index >= 15 is 0 Å². The Kier molecular flexibility index (Phi) is 4.64. The topological polar surface area (TPSA) is 65.2 Å². The summed E-state index contributed by atoms with van der Waals surface area (Å²) in [5, 5.41) is 8.78. The second kappa shape index (κ2) is 7.23. The molecule has 4 rings (SSSR count). The lowest BCUT2D eigenvalue weighted by Crippen LogP contribution is -2.05. The van der Waals surface area contributed by atoms with Crippen molar-refractivity contribution in [3.05, 3.63) is 69.5 Å². The smallest absolute Gasteiger partial charge is 0.350 e. The molecule has 0 atom stereocenters. The molecule has 0 N–H and O–H groups in total. The van der Waals surface area contributed by atoms with Gasteiger partial charge in [0, 0.05) is 22.6 Å². The minimum absolute atomic E-state index is 0.0558.